The normalized spacial score (nSPS) is 12.5. The Morgan fingerprint density at radius 2 is 1.40 bits per heavy atom. The van der Waals surface area contributed by atoms with Gasteiger partial charge in [-0.25, -0.2) is 0 Å². The van der Waals surface area contributed by atoms with E-state index in [1.807, 2.05) is 7.05 Å². The highest BCUT2D eigenvalue weighted by Crippen LogP contribution is 2.31. The van der Waals surface area contributed by atoms with Gasteiger partial charge in [0.2, 0.25) is 0 Å². The summed E-state index contributed by atoms with van der Waals surface area (Å²) in [6, 6.07) is 11.3. The lowest BCUT2D eigenvalue weighted by atomic mass is 9.87. The van der Waals surface area contributed by atoms with E-state index in [-0.39, 0.29) is 6.04 Å². The lowest BCUT2D eigenvalue weighted by Gasteiger charge is -2.24. The van der Waals surface area contributed by atoms with E-state index in [1.165, 1.54) is 37.0 Å². The molecule has 0 saturated carbocycles. The first-order valence-corrected chi connectivity index (χ1v) is 8.03. The first-order valence-electron chi connectivity index (χ1n) is 6.95. The smallest absolute Gasteiger partial charge is 0.0579 e. The summed E-state index contributed by atoms with van der Waals surface area (Å²) in [4.78, 5) is 0. The summed E-state index contributed by atoms with van der Waals surface area (Å²) in [5.41, 5.74) is 8.27. The Morgan fingerprint density at radius 3 is 1.85 bits per heavy atom. The van der Waals surface area contributed by atoms with Crippen molar-refractivity contribution in [1.82, 2.24) is 5.32 Å². The van der Waals surface area contributed by atoms with Crippen LogP contribution in [-0.2, 0) is 0 Å². The van der Waals surface area contributed by atoms with Gasteiger partial charge in [0.05, 0.1) is 6.04 Å². The maximum atomic E-state index is 3.49. The molecule has 0 bridgehead atoms. The summed E-state index contributed by atoms with van der Waals surface area (Å²) in [6.07, 6.45) is 0. The molecule has 1 nitrogen and oxygen atoms in total. The number of nitrogens with one attached hydrogen (secondary N) is 1. The molecule has 1 unspecified atom stereocenters. The molecule has 0 fully saturated rings. The van der Waals surface area contributed by atoms with E-state index in [0.29, 0.717) is 0 Å². The van der Waals surface area contributed by atoms with E-state index in [0.717, 1.165) is 0 Å². The van der Waals surface area contributed by atoms with E-state index < -0.39 is 0 Å². The Kier molecular flexibility index (Phi) is 4.86. The van der Waals surface area contributed by atoms with Gasteiger partial charge in [-0.1, -0.05) is 18.2 Å². The molecule has 1 N–H and O–H groups in total. The van der Waals surface area contributed by atoms with E-state index >= 15 is 0 Å². The van der Waals surface area contributed by atoms with Crippen molar-refractivity contribution in [2.75, 3.05) is 7.05 Å². The maximum Gasteiger partial charge on any atom is 0.0579 e. The Hall–Kier alpha value is -0.870. The second kappa shape index (κ2) is 6.27. The predicted octanol–water partition coefficient (Wildman–Crippen LogP) is 4.83. The molecular formula is C18H22IN. The van der Waals surface area contributed by atoms with Crippen molar-refractivity contribution in [3.63, 3.8) is 0 Å². The molecule has 2 aromatic carbocycles. The highest BCUT2D eigenvalue weighted by atomic mass is 127. The number of hydrogen-bond acceptors (Lipinski definition) is 1. The second-order valence-electron chi connectivity index (χ2n) is 5.45. The van der Waals surface area contributed by atoms with Gasteiger partial charge in [-0.15, -0.1) is 0 Å². The van der Waals surface area contributed by atoms with Crippen LogP contribution in [0.5, 0.6) is 0 Å². The van der Waals surface area contributed by atoms with Gasteiger partial charge >= 0.3 is 0 Å². The molecule has 0 aliphatic carbocycles. The molecule has 2 rings (SSSR count). The molecule has 20 heavy (non-hydrogen) atoms. The van der Waals surface area contributed by atoms with E-state index in [2.05, 4.69) is 85.9 Å². The van der Waals surface area contributed by atoms with Crippen LogP contribution in [0.4, 0.5) is 0 Å². The third kappa shape index (κ3) is 2.91. The van der Waals surface area contributed by atoms with Crippen molar-refractivity contribution in [3.05, 3.63) is 67.3 Å². The van der Waals surface area contributed by atoms with E-state index in [1.54, 1.807) is 0 Å². The maximum absolute atomic E-state index is 3.49. The number of benzene rings is 2. The average molecular weight is 379 g/mol. The average Bonchev–Trinajstić information content (AvgIpc) is 2.43. The molecule has 0 radical (unpaired) electrons. The molecule has 0 aromatic heterocycles. The first-order chi connectivity index (χ1) is 9.45. The standard InChI is InChI=1S/C18H22IN/c1-11-10-12(2)14(4)17(13(11)3)18(20-5)15-6-8-16(19)9-7-15/h6-10,18,20H,1-5H3. The largest absolute Gasteiger partial charge is 0.309 e. The third-order valence-electron chi connectivity index (χ3n) is 4.20. The van der Waals surface area contributed by atoms with Gasteiger partial charge in [-0.2, -0.15) is 0 Å². The highest BCUT2D eigenvalue weighted by molar-refractivity contribution is 14.1. The predicted molar refractivity (Wildman–Crippen MR) is 95.5 cm³/mol. The summed E-state index contributed by atoms with van der Waals surface area (Å²) >= 11 is 2.35. The van der Waals surface area contributed by atoms with Crippen LogP contribution in [0.1, 0.15) is 39.4 Å². The molecule has 0 spiro atoms. The third-order valence-corrected chi connectivity index (χ3v) is 4.92. The topological polar surface area (TPSA) is 12.0 Å². The molecule has 0 aliphatic rings. The molecular weight excluding hydrogens is 357 g/mol. The zero-order valence-electron chi connectivity index (χ0n) is 12.8. The van der Waals surface area contributed by atoms with Crippen molar-refractivity contribution in [2.45, 2.75) is 33.7 Å². The fourth-order valence-electron chi connectivity index (χ4n) is 2.81. The van der Waals surface area contributed by atoms with Crippen LogP contribution in [0.15, 0.2) is 30.3 Å². The van der Waals surface area contributed by atoms with Crippen molar-refractivity contribution >= 4 is 22.6 Å². The minimum Gasteiger partial charge on any atom is -0.309 e. The minimum absolute atomic E-state index is 0.255. The highest BCUT2D eigenvalue weighted by Gasteiger charge is 2.18. The number of hydrogen-bond donors (Lipinski definition) is 1. The summed E-state index contributed by atoms with van der Waals surface area (Å²) < 4.78 is 1.27. The Bertz CT molecular complexity index is 588. The fourth-order valence-corrected chi connectivity index (χ4v) is 3.17. The van der Waals surface area contributed by atoms with Gasteiger partial charge < -0.3 is 5.32 Å². The summed E-state index contributed by atoms with van der Waals surface area (Å²) in [6.45, 7) is 8.86. The van der Waals surface area contributed by atoms with E-state index in [9.17, 15) is 0 Å². The zero-order chi connectivity index (χ0) is 14.9. The monoisotopic (exact) mass is 379 g/mol. The summed E-state index contributed by atoms with van der Waals surface area (Å²) in [5.74, 6) is 0. The van der Waals surface area contributed by atoms with Crippen LogP contribution in [0, 0.1) is 31.3 Å². The molecule has 0 amide bonds. The Balaban J connectivity index is 2.60. The van der Waals surface area contributed by atoms with E-state index in [4.69, 9.17) is 0 Å². The van der Waals surface area contributed by atoms with Gasteiger partial charge in [0.15, 0.2) is 0 Å². The van der Waals surface area contributed by atoms with Crippen molar-refractivity contribution in [2.24, 2.45) is 0 Å². The molecule has 1 atom stereocenters. The van der Waals surface area contributed by atoms with Gasteiger partial charge in [0.25, 0.3) is 0 Å². The molecule has 0 heterocycles. The van der Waals surface area contributed by atoms with Crippen LogP contribution >= 0.6 is 22.6 Å². The minimum atomic E-state index is 0.255. The second-order valence-corrected chi connectivity index (χ2v) is 6.69. The summed E-state index contributed by atoms with van der Waals surface area (Å²) in [7, 11) is 2.04. The fraction of sp³-hybridized carbons (Fsp3) is 0.333. The number of rotatable bonds is 3. The van der Waals surface area contributed by atoms with Crippen molar-refractivity contribution < 1.29 is 0 Å². The van der Waals surface area contributed by atoms with Crippen molar-refractivity contribution in [1.29, 1.82) is 0 Å². The quantitative estimate of drug-likeness (QED) is 0.753. The Labute approximate surface area is 135 Å². The first kappa shape index (κ1) is 15.5. The molecule has 2 aromatic rings. The molecule has 2 heteroatoms. The zero-order valence-corrected chi connectivity index (χ0v) is 15.0. The number of aryl methyl sites for hydroxylation is 2. The molecule has 0 aliphatic heterocycles. The van der Waals surface area contributed by atoms with Crippen LogP contribution in [0.25, 0.3) is 0 Å². The lowest BCUT2D eigenvalue weighted by molar-refractivity contribution is 0.681. The van der Waals surface area contributed by atoms with Gasteiger partial charge in [0.1, 0.15) is 0 Å². The van der Waals surface area contributed by atoms with Crippen LogP contribution in [0.2, 0.25) is 0 Å². The van der Waals surface area contributed by atoms with Crippen LogP contribution in [0.3, 0.4) is 0 Å². The van der Waals surface area contributed by atoms with Gasteiger partial charge in [0, 0.05) is 3.57 Å². The van der Waals surface area contributed by atoms with Gasteiger partial charge in [-0.05, 0) is 103 Å². The lowest BCUT2D eigenvalue weighted by Crippen LogP contribution is -2.20. The van der Waals surface area contributed by atoms with Crippen molar-refractivity contribution in [3.8, 4) is 0 Å². The van der Waals surface area contributed by atoms with Gasteiger partial charge in [-0.3, -0.25) is 0 Å². The molecule has 0 saturated heterocycles. The summed E-state index contributed by atoms with van der Waals surface area (Å²) in [5, 5.41) is 3.49. The van der Waals surface area contributed by atoms with Crippen LogP contribution < -0.4 is 5.32 Å². The molecule has 106 valence electrons. The van der Waals surface area contributed by atoms with Crippen LogP contribution in [-0.4, -0.2) is 7.05 Å². The Morgan fingerprint density at radius 1 is 0.900 bits per heavy atom. The number of halogens is 1. The SMILES string of the molecule is CNC(c1ccc(I)cc1)c1c(C)c(C)cc(C)c1C.